The highest BCUT2D eigenvalue weighted by Crippen LogP contribution is 2.17. The normalized spacial score (nSPS) is 15.9. The molecule has 0 aliphatic heterocycles. The zero-order valence-corrected chi connectivity index (χ0v) is 13.2. The van der Waals surface area contributed by atoms with Crippen LogP contribution in [0.15, 0.2) is 33.8 Å². The van der Waals surface area contributed by atoms with Gasteiger partial charge in [0.2, 0.25) is 0 Å². The molecule has 2 N–H and O–H groups in total. The van der Waals surface area contributed by atoms with Crippen molar-refractivity contribution in [1.82, 2.24) is 10.7 Å². The van der Waals surface area contributed by atoms with E-state index in [4.69, 9.17) is 0 Å². The second kappa shape index (κ2) is 7.93. The summed E-state index contributed by atoms with van der Waals surface area (Å²) in [5.74, 6) is -1.35. The van der Waals surface area contributed by atoms with Crippen LogP contribution in [0.4, 0.5) is 0 Å². The Morgan fingerprint density at radius 1 is 1.19 bits per heavy atom. The van der Waals surface area contributed by atoms with Gasteiger partial charge < -0.3 is 5.32 Å². The second-order valence-electron chi connectivity index (χ2n) is 5.06. The lowest BCUT2D eigenvalue weighted by Crippen LogP contribution is -2.44. The molecular formula is C15H18BrN3O2. The van der Waals surface area contributed by atoms with E-state index in [0.29, 0.717) is 0 Å². The molecule has 1 aromatic rings. The predicted molar refractivity (Wildman–Crippen MR) is 84.9 cm³/mol. The fraction of sp³-hybridized carbons (Fsp3) is 0.400. The van der Waals surface area contributed by atoms with Crippen LogP contribution in [0.5, 0.6) is 0 Å². The standard InChI is InChI=1S/C15H18BrN3O2/c16-12-6-4-5-11(9-12)10-17-19-15(21)14(20)18-13-7-2-1-3-8-13/h4-6,9-10,13H,1-3,7-8H2,(H,18,20)(H,19,21)/b17-10+. The molecule has 112 valence electrons. The van der Waals surface area contributed by atoms with Crippen LogP contribution in [0.1, 0.15) is 37.7 Å². The molecule has 0 spiro atoms. The number of hydrazone groups is 1. The van der Waals surface area contributed by atoms with Crippen molar-refractivity contribution in [2.45, 2.75) is 38.1 Å². The maximum atomic E-state index is 11.7. The Hall–Kier alpha value is -1.69. The molecule has 0 radical (unpaired) electrons. The summed E-state index contributed by atoms with van der Waals surface area (Å²) in [5, 5.41) is 6.53. The van der Waals surface area contributed by atoms with Crippen LogP contribution in [0.25, 0.3) is 0 Å². The molecule has 1 aliphatic rings. The van der Waals surface area contributed by atoms with Crippen LogP contribution in [0, 0.1) is 0 Å². The van der Waals surface area contributed by atoms with Gasteiger partial charge in [0.15, 0.2) is 0 Å². The van der Waals surface area contributed by atoms with Gasteiger partial charge in [0, 0.05) is 10.5 Å². The second-order valence-corrected chi connectivity index (χ2v) is 5.98. The van der Waals surface area contributed by atoms with E-state index in [1.165, 1.54) is 12.6 Å². The highest BCUT2D eigenvalue weighted by molar-refractivity contribution is 9.10. The smallest absolute Gasteiger partial charge is 0.329 e. The lowest BCUT2D eigenvalue weighted by atomic mass is 9.95. The number of halogens is 1. The van der Waals surface area contributed by atoms with Crippen molar-refractivity contribution in [1.29, 1.82) is 0 Å². The molecule has 0 bridgehead atoms. The molecule has 1 fully saturated rings. The minimum Gasteiger partial charge on any atom is -0.345 e. The van der Waals surface area contributed by atoms with Crippen molar-refractivity contribution in [2.24, 2.45) is 5.10 Å². The highest BCUT2D eigenvalue weighted by Gasteiger charge is 2.19. The molecule has 1 aromatic carbocycles. The number of nitrogens with zero attached hydrogens (tertiary/aromatic N) is 1. The highest BCUT2D eigenvalue weighted by atomic mass is 79.9. The zero-order valence-electron chi connectivity index (χ0n) is 11.6. The molecule has 21 heavy (non-hydrogen) atoms. The van der Waals surface area contributed by atoms with Crippen LogP contribution >= 0.6 is 15.9 Å². The Labute approximate surface area is 132 Å². The molecule has 1 saturated carbocycles. The van der Waals surface area contributed by atoms with Gasteiger partial charge in [-0.15, -0.1) is 0 Å². The number of carbonyl (C=O) groups is 2. The van der Waals surface area contributed by atoms with Gasteiger partial charge in [-0.25, -0.2) is 5.43 Å². The van der Waals surface area contributed by atoms with Gasteiger partial charge in [-0.3, -0.25) is 9.59 Å². The molecule has 0 aromatic heterocycles. The molecule has 0 saturated heterocycles. The van der Waals surface area contributed by atoms with Crippen LogP contribution in [-0.2, 0) is 9.59 Å². The number of rotatable bonds is 3. The first-order chi connectivity index (χ1) is 10.1. The number of carbonyl (C=O) groups excluding carboxylic acids is 2. The maximum Gasteiger partial charge on any atom is 0.329 e. The molecule has 0 heterocycles. The van der Waals surface area contributed by atoms with E-state index in [1.807, 2.05) is 24.3 Å². The summed E-state index contributed by atoms with van der Waals surface area (Å²) < 4.78 is 0.924. The molecule has 2 amide bonds. The summed E-state index contributed by atoms with van der Waals surface area (Å²) in [5.41, 5.74) is 3.07. The van der Waals surface area contributed by atoms with Crippen LogP contribution in [0.3, 0.4) is 0 Å². The van der Waals surface area contributed by atoms with Crippen LogP contribution < -0.4 is 10.7 Å². The largest absolute Gasteiger partial charge is 0.345 e. The Bertz CT molecular complexity index is 539. The lowest BCUT2D eigenvalue weighted by Gasteiger charge is -2.22. The van der Waals surface area contributed by atoms with Gasteiger partial charge in [0.05, 0.1) is 6.21 Å². The topological polar surface area (TPSA) is 70.6 Å². The number of hydrogen-bond donors (Lipinski definition) is 2. The molecule has 6 heteroatoms. The summed E-state index contributed by atoms with van der Waals surface area (Å²) in [7, 11) is 0. The van der Waals surface area contributed by atoms with E-state index in [2.05, 4.69) is 31.8 Å². The Morgan fingerprint density at radius 2 is 1.95 bits per heavy atom. The number of amides is 2. The Morgan fingerprint density at radius 3 is 2.67 bits per heavy atom. The third-order valence-corrected chi connectivity index (χ3v) is 3.87. The van der Waals surface area contributed by atoms with Gasteiger partial charge in [0.25, 0.3) is 0 Å². The van der Waals surface area contributed by atoms with Gasteiger partial charge in [0.1, 0.15) is 0 Å². The number of nitrogens with one attached hydrogen (secondary N) is 2. The number of hydrogen-bond acceptors (Lipinski definition) is 3. The monoisotopic (exact) mass is 351 g/mol. The fourth-order valence-electron chi connectivity index (χ4n) is 2.30. The van der Waals surface area contributed by atoms with E-state index < -0.39 is 11.8 Å². The first-order valence-corrected chi connectivity index (χ1v) is 7.84. The third kappa shape index (κ3) is 5.30. The predicted octanol–water partition coefficient (Wildman–Crippen LogP) is 2.35. The van der Waals surface area contributed by atoms with Crippen molar-refractivity contribution in [2.75, 3.05) is 0 Å². The maximum absolute atomic E-state index is 11.7. The van der Waals surface area contributed by atoms with Crippen molar-refractivity contribution in [3.05, 3.63) is 34.3 Å². The third-order valence-electron chi connectivity index (χ3n) is 3.38. The van der Waals surface area contributed by atoms with Gasteiger partial charge in [-0.05, 0) is 30.5 Å². The number of benzene rings is 1. The molecular weight excluding hydrogens is 334 g/mol. The fourth-order valence-corrected chi connectivity index (χ4v) is 2.72. The van der Waals surface area contributed by atoms with E-state index >= 15 is 0 Å². The molecule has 5 nitrogen and oxygen atoms in total. The van der Waals surface area contributed by atoms with E-state index in [-0.39, 0.29) is 6.04 Å². The van der Waals surface area contributed by atoms with Gasteiger partial charge in [-0.1, -0.05) is 47.3 Å². The molecule has 1 aliphatic carbocycles. The summed E-state index contributed by atoms with van der Waals surface area (Å²) >= 11 is 3.35. The van der Waals surface area contributed by atoms with Crippen LogP contribution in [0.2, 0.25) is 0 Å². The van der Waals surface area contributed by atoms with Crippen LogP contribution in [-0.4, -0.2) is 24.1 Å². The zero-order chi connectivity index (χ0) is 15.1. The quantitative estimate of drug-likeness (QED) is 0.498. The van der Waals surface area contributed by atoms with Crippen molar-refractivity contribution < 1.29 is 9.59 Å². The molecule has 2 rings (SSSR count). The van der Waals surface area contributed by atoms with Gasteiger partial charge in [-0.2, -0.15) is 5.10 Å². The van der Waals surface area contributed by atoms with Crippen molar-refractivity contribution in [3.63, 3.8) is 0 Å². The first kappa shape index (κ1) is 15.7. The summed E-state index contributed by atoms with van der Waals surface area (Å²) in [4.78, 5) is 23.3. The van der Waals surface area contributed by atoms with Crippen molar-refractivity contribution in [3.8, 4) is 0 Å². The minimum atomic E-state index is -0.730. The average Bonchev–Trinajstić information content (AvgIpc) is 2.48. The Kier molecular flexibility index (Phi) is 5.92. The minimum absolute atomic E-state index is 0.117. The average molecular weight is 352 g/mol. The van der Waals surface area contributed by atoms with E-state index in [0.717, 1.165) is 35.7 Å². The summed E-state index contributed by atoms with van der Waals surface area (Å²) in [6.07, 6.45) is 6.80. The van der Waals surface area contributed by atoms with E-state index in [1.54, 1.807) is 0 Å². The van der Waals surface area contributed by atoms with E-state index in [9.17, 15) is 9.59 Å². The molecule has 0 atom stereocenters. The SMILES string of the molecule is O=C(N/N=C/c1cccc(Br)c1)C(=O)NC1CCCCC1. The van der Waals surface area contributed by atoms with Gasteiger partial charge >= 0.3 is 11.8 Å². The summed E-state index contributed by atoms with van der Waals surface area (Å²) in [6.45, 7) is 0. The van der Waals surface area contributed by atoms with Crippen molar-refractivity contribution >= 4 is 34.0 Å². The first-order valence-electron chi connectivity index (χ1n) is 7.04. The summed E-state index contributed by atoms with van der Waals surface area (Å²) in [6, 6.07) is 7.59. The molecule has 0 unspecified atom stereocenters. The Balaban J connectivity index is 1.79. The lowest BCUT2D eigenvalue weighted by molar-refractivity contribution is -0.139.